The van der Waals surface area contributed by atoms with Crippen LogP contribution < -0.4 is 14.8 Å². The zero-order chi connectivity index (χ0) is 19.7. The maximum Gasteiger partial charge on any atom is 0.254 e. The van der Waals surface area contributed by atoms with Crippen LogP contribution in [0.15, 0.2) is 36.4 Å². The van der Waals surface area contributed by atoms with Crippen LogP contribution in [0.2, 0.25) is 0 Å². The molecule has 1 saturated heterocycles. The van der Waals surface area contributed by atoms with Gasteiger partial charge >= 0.3 is 0 Å². The van der Waals surface area contributed by atoms with Crippen LogP contribution in [-0.4, -0.2) is 36.6 Å². The number of carbonyl (C=O) groups excluding carboxylic acids is 2. The van der Waals surface area contributed by atoms with Gasteiger partial charge in [0.2, 0.25) is 12.7 Å². The number of fused-ring (bicyclic) bond motifs is 1. The molecule has 1 fully saturated rings. The summed E-state index contributed by atoms with van der Waals surface area (Å²) in [4.78, 5) is 26.5. The van der Waals surface area contributed by atoms with Gasteiger partial charge in [0.1, 0.15) is 11.6 Å². The predicted molar refractivity (Wildman–Crippen MR) is 96.2 cm³/mol. The van der Waals surface area contributed by atoms with Gasteiger partial charge in [-0.2, -0.15) is 0 Å². The fraction of sp³-hybridized carbons (Fsp3) is 0.300. The summed E-state index contributed by atoms with van der Waals surface area (Å²) in [7, 11) is 0. The highest BCUT2D eigenvalue weighted by Gasteiger charge is 2.28. The molecule has 1 N–H and O–H groups in total. The zero-order valence-electron chi connectivity index (χ0n) is 14.9. The van der Waals surface area contributed by atoms with Gasteiger partial charge in [0, 0.05) is 42.4 Å². The maximum atomic E-state index is 13.3. The molecule has 2 aliphatic rings. The second-order valence-electron chi connectivity index (χ2n) is 6.78. The molecule has 6 nitrogen and oxygen atoms in total. The summed E-state index contributed by atoms with van der Waals surface area (Å²) in [6, 6.07) is 7.94. The van der Waals surface area contributed by atoms with Crippen LogP contribution in [0.5, 0.6) is 11.5 Å². The molecule has 0 radical (unpaired) electrons. The topological polar surface area (TPSA) is 67.9 Å². The van der Waals surface area contributed by atoms with Gasteiger partial charge in [-0.25, -0.2) is 8.78 Å². The number of nitrogens with zero attached hydrogens (tertiary/aromatic N) is 1. The molecule has 4 rings (SSSR count). The molecule has 0 aliphatic carbocycles. The number of carbonyl (C=O) groups is 2. The number of piperidine rings is 1. The highest BCUT2D eigenvalue weighted by Crippen LogP contribution is 2.34. The number of likely N-dealkylation sites (tertiary alicyclic amines) is 1. The minimum absolute atomic E-state index is 0.0271. The molecule has 0 unspecified atom stereocenters. The molecular weight excluding hydrogens is 370 g/mol. The number of halogens is 2. The van der Waals surface area contributed by atoms with Crippen molar-refractivity contribution in [1.82, 2.24) is 4.90 Å². The van der Waals surface area contributed by atoms with Crippen LogP contribution in [0.4, 0.5) is 14.5 Å². The van der Waals surface area contributed by atoms with Crippen molar-refractivity contribution in [3.05, 3.63) is 53.6 Å². The Labute approximate surface area is 160 Å². The Morgan fingerprint density at radius 3 is 2.36 bits per heavy atom. The van der Waals surface area contributed by atoms with Gasteiger partial charge in [0.15, 0.2) is 11.5 Å². The van der Waals surface area contributed by atoms with E-state index in [2.05, 4.69) is 5.32 Å². The van der Waals surface area contributed by atoms with E-state index in [1.165, 1.54) is 4.90 Å². The lowest BCUT2D eigenvalue weighted by atomic mass is 9.95. The third kappa shape index (κ3) is 3.76. The number of ether oxygens (including phenoxy) is 2. The van der Waals surface area contributed by atoms with Crippen molar-refractivity contribution in [2.75, 3.05) is 25.2 Å². The quantitative estimate of drug-likeness (QED) is 0.877. The summed E-state index contributed by atoms with van der Waals surface area (Å²) in [6.07, 6.45) is 0.944. The van der Waals surface area contributed by atoms with E-state index in [9.17, 15) is 18.4 Å². The fourth-order valence-electron chi connectivity index (χ4n) is 3.42. The Balaban J connectivity index is 1.34. The first-order valence-corrected chi connectivity index (χ1v) is 8.95. The SMILES string of the molecule is O=C(Nc1ccc2c(c1)OCO2)C1CCN(C(=O)c2cc(F)cc(F)c2)CC1. The van der Waals surface area contributed by atoms with E-state index in [-0.39, 0.29) is 24.2 Å². The van der Waals surface area contributed by atoms with E-state index in [0.717, 1.165) is 18.2 Å². The molecule has 2 aromatic rings. The van der Waals surface area contributed by atoms with E-state index in [1.54, 1.807) is 18.2 Å². The summed E-state index contributed by atoms with van der Waals surface area (Å²) in [5.41, 5.74) is 0.587. The van der Waals surface area contributed by atoms with Crippen molar-refractivity contribution in [2.24, 2.45) is 5.92 Å². The number of nitrogens with one attached hydrogen (secondary N) is 1. The monoisotopic (exact) mass is 388 g/mol. The minimum Gasteiger partial charge on any atom is -0.454 e. The van der Waals surface area contributed by atoms with Crippen molar-refractivity contribution < 1.29 is 27.8 Å². The number of rotatable bonds is 3. The van der Waals surface area contributed by atoms with Crippen LogP contribution in [0.3, 0.4) is 0 Å². The summed E-state index contributed by atoms with van der Waals surface area (Å²) in [5.74, 6) is -1.18. The second kappa shape index (κ2) is 7.46. The fourth-order valence-corrected chi connectivity index (χ4v) is 3.42. The molecule has 8 heteroatoms. The smallest absolute Gasteiger partial charge is 0.254 e. The first-order chi connectivity index (χ1) is 13.5. The van der Waals surface area contributed by atoms with E-state index >= 15 is 0 Å². The molecule has 0 spiro atoms. The Kier molecular flexibility index (Phi) is 4.85. The van der Waals surface area contributed by atoms with Crippen LogP contribution in [0.25, 0.3) is 0 Å². The third-order valence-electron chi connectivity index (χ3n) is 4.90. The zero-order valence-corrected chi connectivity index (χ0v) is 14.9. The number of amides is 2. The first kappa shape index (κ1) is 18.2. The lowest BCUT2D eigenvalue weighted by Gasteiger charge is -2.31. The van der Waals surface area contributed by atoms with Crippen molar-refractivity contribution >= 4 is 17.5 Å². The minimum atomic E-state index is -0.790. The molecule has 146 valence electrons. The normalized spacial score (nSPS) is 16.1. The molecule has 2 aliphatic heterocycles. The lowest BCUT2D eigenvalue weighted by molar-refractivity contribution is -0.121. The summed E-state index contributed by atoms with van der Waals surface area (Å²) >= 11 is 0. The predicted octanol–water partition coefficient (Wildman–Crippen LogP) is 3.18. The van der Waals surface area contributed by atoms with Gasteiger partial charge in [0.25, 0.3) is 5.91 Å². The summed E-state index contributed by atoms with van der Waals surface area (Å²) in [6.45, 7) is 0.848. The average molecular weight is 388 g/mol. The van der Waals surface area contributed by atoms with Gasteiger partial charge in [-0.15, -0.1) is 0 Å². The van der Waals surface area contributed by atoms with Crippen LogP contribution in [-0.2, 0) is 4.79 Å². The molecule has 2 aromatic carbocycles. The summed E-state index contributed by atoms with van der Waals surface area (Å²) in [5, 5.41) is 2.85. The molecule has 0 saturated carbocycles. The van der Waals surface area contributed by atoms with Crippen molar-refractivity contribution in [2.45, 2.75) is 12.8 Å². The Hall–Kier alpha value is -3.16. The van der Waals surface area contributed by atoms with E-state index < -0.39 is 17.5 Å². The number of hydrogen-bond donors (Lipinski definition) is 1. The van der Waals surface area contributed by atoms with Crippen LogP contribution in [0.1, 0.15) is 23.2 Å². The van der Waals surface area contributed by atoms with Crippen molar-refractivity contribution in [1.29, 1.82) is 0 Å². The Morgan fingerprint density at radius 1 is 0.964 bits per heavy atom. The molecule has 2 amide bonds. The molecular formula is C20H18F2N2O4. The van der Waals surface area contributed by atoms with Crippen LogP contribution in [0, 0.1) is 17.6 Å². The summed E-state index contributed by atoms with van der Waals surface area (Å²) < 4.78 is 37.2. The van der Waals surface area contributed by atoms with Gasteiger partial charge in [-0.05, 0) is 37.1 Å². The van der Waals surface area contributed by atoms with Gasteiger partial charge in [-0.3, -0.25) is 9.59 Å². The molecule has 0 aromatic heterocycles. The highest BCUT2D eigenvalue weighted by molar-refractivity contribution is 5.95. The molecule has 28 heavy (non-hydrogen) atoms. The second-order valence-corrected chi connectivity index (χ2v) is 6.78. The molecule has 2 heterocycles. The van der Waals surface area contributed by atoms with Crippen molar-refractivity contribution in [3.63, 3.8) is 0 Å². The number of anilines is 1. The van der Waals surface area contributed by atoms with E-state index in [0.29, 0.717) is 43.1 Å². The number of benzene rings is 2. The van der Waals surface area contributed by atoms with Gasteiger partial charge < -0.3 is 19.7 Å². The average Bonchev–Trinajstić information content (AvgIpc) is 3.14. The van der Waals surface area contributed by atoms with Gasteiger partial charge in [0.05, 0.1) is 0 Å². The van der Waals surface area contributed by atoms with E-state index in [4.69, 9.17) is 9.47 Å². The molecule has 0 atom stereocenters. The number of hydrogen-bond acceptors (Lipinski definition) is 4. The van der Waals surface area contributed by atoms with Gasteiger partial charge in [-0.1, -0.05) is 0 Å². The Morgan fingerprint density at radius 2 is 1.64 bits per heavy atom. The first-order valence-electron chi connectivity index (χ1n) is 8.95. The highest BCUT2D eigenvalue weighted by atomic mass is 19.1. The maximum absolute atomic E-state index is 13.3. The standard InChI is InChI=1S/C20H18F2N2O4/c21-14-7-13(8-15(22)9-14)20(26)24-5-3-12(4-6-24)19(25)23-16-1-2-17-18(10-16)28-11-27-17/h1-2,7-10,12H,3-6,11H2,(H,23,25). The van der Waals surface area contributed by atoms with E-state index in [1.807, 2.05) is 0 Å². The lowest BCUT2D eigenvalue weighted by Crippen LogP contribution is -2.41. The van der Waals surface area contributed by atoms with Crippen molar-refractivity contribution in [3.8, 4) is 11.5 Å². The Bertz CT molecular complexity index is 906. The molecule has 0 bridgehead atoms. The third-order valence-corrected chi connectivity index (χ3v) is 4.90. The van der Waals surface area contributed by atoms with Crippen LogP contribution >= 0.6 is 0 Å². The largest absolute Gasteiger partial charge is 0.454 e.